The van der Waals surface area contributed by atoms with Gasteiger partial charge in [0.1, 0.15) is 0 Å². The molecule has 2 atom stereocenters. The number of nitrogens with zero attached hydrogens (tertiary/aromatic N) is 1. The molecule has 0 bridgehead atoms. The van der Waals surface area contributed by atoms with Gasteiger partial charge in [0.25, 0.3) is 0 Å². The van der Waals surface area contributed by atoms with Gasteiger partial charge in [0.2, 0.25) is 5.91 Å². The van der Waals surface area contributed by atoms with Crippen LogP contribution >= 0.6 is 15.9 Å². The van der Waals surface area contributed by atoms with Gasteiger partial charge in [-0.2, -0.15) is 0 Å². The summed E-state index contributed by atoms with van der Waals surface area (Å²) in [5.41, 5.74) is 5.00. The molecule has 0 unspecified atom stereocenters. The van der Waals surface area contributed by atoms with E-state index in [2.05, 4.69) is 66.2 Å². The van der Waals surface area contributed by atoms with Crippen molar-refractivity contribution in [2.24, 2.45) is 0 Å². The Morgan fingerprint density at radius 3 is 2.68 bits per heavy atom. The van der Waals surface area contributed by atoms with Gasteiger partial charge < -0.3 is 4.90 Å². The number of hydrogen-bond donors (Lipinski definition) is 0. The van der Waals surface area contributed by atoms with E-state index in [1.54, 1.807) is 0 Å². The van der Waals surface area contributed by atoms with Gasteiger partial charge in [-0.3, -0.25) is 4.79 Å². The molecule has 128 valence electrons. The zero-order chi connectivity index (χ0) is 17.6. The number of amides is 1. The number of fused-ring (bicyclic) bond motifs is 3. The summed E-state index contributed by atoms with van der Waals surface area (Å²) >= 11 is 3.59. The quantitative estimate of drug-likeness (QED) is 0.654. The second kappa shape index (κ2) is 6.14. The predicted molar refractivity (Wildman–Crippen MR) is 104 cm³/mol. The minimum absolute atomic E-state index is 0.0524. The molecule has 1 aliphatic carbocycles. The number of hydrogen-bond acceptors (Lipinski definition) is 1. The fourth-order valence-corrected chi connectivity index (χ4v) is 4.79. The van der Waals surface area contributed by atoms with Crippen LogP contribution < -0.4 is 0 Å². The monoisotopic (exact) mass is 395 g/mol. The molecule has 1 aliphatic heterocycles. The normalized spacial score (nSPS) is 23.6. The molecule has 1 fully saturated rings. The fraction of sp³-hybridized carbons (Fsp3) is 0.318. The minimum atomic E-state index is -0.0920. The van der Waals surface area contributed by atoms with Crippen LogP contribution in [0.25, 0.3) is 0 Å². The van der Waals surface area contributed by atoms with Crippen LogP contribution in [0, 0.1) is 0 Å². The first-order valence-electron chi connectivity index (χ1n) is 8.87. The summed E-state index contributed by atoms with van der Waals surface area (Å²) in [5, 5.41) is 0. The number of likely N-dealkylation sites (tertiary alicyclic amines) is 1. The van der Waals surface area contributed by atoms with Crippen molar-refractivity contribution >= 4 is 21.8 Å². The van der Waals surface area contributed by atoms with Crippen molar-refractivity contribution in [1.82, 2.24) is 4.90 Å². The molecular formula is C22H22BrNO. The van der Waals surface area contributed by atoms with Crippen LogP contribution in [0.2, 0.25) is 0 Å². The second-order valence-electron chi connectivity index (χ2n) is 7.28. The van der Waals surface area contributed by atoms with E-state index in [1.165, 1.54) is 22.4 Å². The molecule has 0 saturated carbocycles. The van der Waals surface area contributed by atoms with Crippen molar-refractivity contribution in [3.8, 4) is 0 Å². The molecule has 1 heterocycles. The van der Waals surface area contributed by atoms with Gasteiger partial charge in [-0.05, 0) is 55.5 Å². The SMILES string of the molecule is C[C@@H](c1ccccc1)N1C(=O)CC[C@]2(C)C1=CCc1cc(Br)ccc12. The van der Waals surface area contributed by atoms with Crippen LogP contribution in [-0.4, -0.2) is 10.8 Å². The predicted octanol–water partition coefficient (Wildman–Crippen LogP) is 5.53. The summed E-state index contributed by atoms with van der Waals surface area (Å²) < 4.78 is 1.12. The Balaban J connectivity index is 1.79. The van der Waals surface area contributed by atoms with Crippen molar-refractivity contribution < 1.29 is 4.79 Å². The second-order valence-corrected chi connectivity index (χ2v) is 8.19. The third kappa shape index (κ3) is 2.65. The zero-order valence-electron chi connectivity index (χ0n) is 14.6. The van der Waals surface area contributed by atoms with Gasteiger partial charge >= 0.3 is 0 Å². The van der Waals surface area contributed by atoms with Crippen LogP contribution in [0.3, 0.4) is 0 Å². The summed E-state index contributed by atoms with van der Waals surface area (Å²) in [6.07, 6.45) is 4.63. The number of allylic oxidation sites excluding steroid dienone is 2. The molecule has 0 radical (unpaired) electrons. The lowest BCUT2D eigenvalue weighted by Crippen LogP contribution is -2.47. The third-order valence-corrected chi connectivity index (χ3v) is 6.27. The molecule has 2 aromatic rings. The molecule has 0 spiro atoms. The lowest BCUT2D eigenvalue weighted by Gasteiger charge is -2.48. The molecule has 2 aromatic carbocycles. The maximum absolute atomic E-state index is 12.8. The van der Waals surface area contributed by atoms with Crippen LogP contribution in [-0.2, 0) is 16.6 Å². The first-order valence-corrected chi connectivity index (χ1v) is 9.66. The van der Waals surface area contributed by atoms with Gasteiger partial charge in [0.15, 0.2) is 0 Å². The van der Waals surface area contributed by atoms with Gasteiger partial charge in [0, 0.05) is 22.0 Å². The van der Waals surface area contributed by atoms with Crippen molar-refractivity contribution in [2.75, 3.05) is 0 Å². The van der Waals surface area contributed by atoms with Gasteiger partial charge in [0.05, 0.1) is 6.04 Å². The molecule has 3 heteroatoms. The highest BCUT2D eigenvalue weighted by Crippen LogP contribution is 2.49. The Labute approximate surface area is 157 Å². The molecule has 0 aromatic heterocycles. The van der Waals surface area contributed by atoms with Crippen molar-refractivity contribution in [1.29, 1.82) is 0 Å². The Morgan fingerprint density at radius 2 is 1.92 bits per heavy atom. The van der Waals surface area contributed by atoms with E-state index in [0.29, 0.717) is 6.42 Å². The number of benzene rings is 2. The van der Waals surface area contributed by atoms with Gasteiger partial charge in [-0.15, -0.1) is 0 Å². The van der Waals surface area contributed by atoms with E-state index >= 15 is 0 Å². The molecule has 1 saturated heterocycles. The summed E-state index contributed by atoms with van der Waals surface area (Å²) in [6.45, 7) is 4.43. The lowest BCUT2D eigenvalue weighted by molar-refractivity contribution is -0.134. The Morgan fingerprint density at radius 1 is 1.16 bits per heavy atom. The van der Waals surface area contributed by atoms with E-state index in [9.17, 15) is 4.79 Å². The third-order valence-electron chi connectivity index (χ3n) is 5.78. The first-order chi connectivity index (χ1) is 12.0. The molecule has 25 heavy (non-hydrogen) atoms. The number of halogens is 1. The number of piperidine rings is 1. The summed E-state index contributed by atoms with van der Waals surface area (Å²) in [4.78, 5) is 14.9. The summed E-state index contributed by atoms with van der Waals surface area (Å²) in [6, 6.07) is 16.9. The topological polar surface area (TPSA) is 20.3 Å². The van der Waals surface area contributed by atoms with E-state index in [0.717, 1.165) is 17.3 Å². The van der Waals surface area contributed by atoms with Crippen LogP contribution in [0.5, 0.6) is 0 Å². The lowest BCUT2D eigenvalue weighted by atomic mass is 9.67. The van der Waals surface area contributed by atoms with Gasteiger partial charge in [-0.1, -0.05) is 58.4 Å². The number of carbonyl (C=O) groups excluding carboxylic acids is 1. The highest BCUT2D eigenvalue weighted by atomic mass is 79.9. The molecular weight excluding hydrogens is 374 g/mol. The highest BCUT2D eigenvalue weighted by Gasteiger charge is 2.45. The first kappa shape index (κ1) is 16.6. The van der Waals surface area contributed by atoms with E-state index in [4.69, 9.17) is 0 Å². The Bertz CT molecular complexity index is 858. The maximum Gasteiger partial charge on any atom is 0.227 e. The largest absolute Gasteiger partial charge is 0.308 e. The highest BCUT2D eigenvalue weighted by molar-refractivity contribution is 9.10. The van der Waals surface area contributed by atoms with Crippen LogP contribution in [0.1, 0.15) is 49.4 Å². The van der Waals surface area contributed by atoms with Crippen molar-refractivity contribution in [2.45, 2.75) is 44.6 Å². The zero-order valence-corrected chi connectivity index (χ0v) is 16.2. The van der Waals surface area contributed by atoms with Crippen molar-refractivity contribution in [3.05, 3.63) is 81.5 Å². The van der Waals surface area contributed by atoms with Crippen LogP contribution in [0.4, 0.5) is 0 Å². The molecule has 2 aliphatic rings. The smallest absolute Gasteiger partial charge is 0.227 e. The minimum Gasteiger partial charge on any atom is -0.308 e. The molecule has 2 nitrogen and oxygen atoms in total. The molecule has 4 rings (SSSR count). The Kier molecular flexibility index (Phi) is 4.07. The number of rotatable bonds is 2. The molecule has 0 N–H and O–H groups in total. The van der Waals surface area contributed by atoms with Crippen LogP contribution in [0.15, 0.2) is 64.8 Å². The summed E-state index contributed by atoms with van der Waals surface area (Å²) in [7, 11) is 0. The maximum atomic E-state index is 12.8. The molecule has 1 amide bonds. The van der Waals surface area contributed by atoms with Gasteiger partial charge in [-0.25, -0.2) is 0 Å². The van der Waals surface area contributed by atoms with E-state index < -0.39 is 0 Å². The fourth-order valence-electron chi connectivity index (χ4n) is 4.38. The average molecular weight is 396 g/mol. The van der Waals surface area contributed by atoms with E-state index in [1.807, 2.05) is 23.1 Å². The van der Waals surface area contributed by atoms with Crippen molar-refractivity contribution in [3.63, 3.8) is 0 Å². The summed E-state index contributed by atoms with van der Waals surface area (Å²) in [5.74, 6) is 0.237. The standard InChI is InChI=1S/C22H22BrNO/c1-15(16-6-4-3-5-7-16)24-20-11-8-17-14-18(23)9-10-19(17)22(20,2)13-12-21(24)25/h3-7,9-11,14-15H,8,12-13H2,1-2H3/t15-,22-/m0/s1. The van der Waals surface area contributed by atoms with E-state index in [-0.39, 0.29) is 17.4 Å². The average Bonchev–Trinajstić information content (AvgIpc) is 2.62. The Hall–Kier alpha value is -1.87. The number of carbonyl (C=O) groups is 1.